The largest absolute Gasteiger partial charge is 0.381 e. The predicted octanol–water partition coefficient (Wildman–Crippen LogP) is 1.83. The highest BCUT2D eigenvalue weighted by atomic mass is 16.5. The Kier molecular flexibility index (Phi) is 8.01. The first-order valence-corrected chi connectivity index (χ1v) is 7.32. The molecular weight excluding hydrogens is 228 g/mol. The highest BCUT2D eigenvalue weighted by Crippen LogP contribution is 2.25. The summed E-state index contributed by atoms with van der Waals surface area (Å²) in [5, 5.41) is 2.97. The summed E-state index contributed by atoms with van der Waals surface area (Å²) in [6, 6.07) is 0.361. The van der Waals surface area contributed by atoms with E-state index >= 15 is 0 Å². The quantitative estimate of drug-likeness (QED) is 0.651. The van der Waals surface area contributed by atoms with Gasteiger partial charge in [0.1, 0.15) is 0 Å². The van der Waals surface area contributed by atoms with E-state index in [-0.39, 0.29) is 5.91 Å². The highest BCUT2D eigenvalue weighted by Gasteiger charge is 2.20. The van der Waals surface area contributed by atoms with Crippen LogP contribution < -0.4 is 11.1 Å². The molecule has 1 fully saturated rings. The van der Waals surface area contributed by atoms with Gasteiger partial charge < -0.3 is 15.8 Å². The van der Waals surface area contributed by atoms with Crippen molar-refractivity contribution in [3.8, 4) is 0 Å². The van der Waals surface area contributed by atoms with Crippen molar-refractivity contribution in [2.45, 2.75) is 57.9 Å². The zero-order valence-electron chi connectivity index (χ0n) is 11.6. The van der Waals surface area contributed by atoms with Crippen molar-refractivity contribution in [2.24, 2.45) is 11.7 Å². The molecule has 0 radical (unpaired) electrons. The fourth-order valence-electron chi connectivity index (χ4n) is 2.38. The summed E-state index contributed by atoms with van der Waals surface area (Å²) < 4.78 is 5.36. The van der Waals surface area contributed by atoms with E-state index in [0.717, 1.165) is 58.3 Å². The Balaban J connectivity index is 1.97. The van der Waals surface area contributed by atoms with Crippen molar-refractivity contribution in [3.05, 3.63) is 0 Å². The normalized spacial score (nSPS) is 23.9. The molecule has 0 aromatic heterocycles. The molecule has 4 heteroatoms. The number of rotatable bonds is 8. The molecule has 0 aromatic rings. The number of carbonyl (C=O) groups is 1. The maximum atomic E-state index is 11.7. The first kappa shape index (κ1) is 15.4. The maximum Gasteiger partial charge on any atom is 0.220 e. The van der Waals surface area contributed by atoms with Gasteiger partial charge in [-0.1, -0.05) is 6.92 Å². The molecule has 1 saturated carbocycles. The average Bonchev–Trinajstić information content (AvgIpc) is 2.36. The van der Waals surface area contributed by atoms with E-state index in [0.29, 0.717) is 18.4 Å². The number of ether oxygens (including phenoxy) is 1. The van der Waals surface area contributed by atoms with Crippen LogP contribution >= 0.6 is 0 Å². The second kappa shape index (κ2) is 9.34. The van der Waals surface area contributed by atoms with Gasteiger partial charge in [-0.15, -0.1) is 0 Å². The van der Waals surface area contributed by atoms with Crippen molar-refractivity contribution in [2.75, 3.05) is 19.8 Å². The van der Waals surface area contributed by atoms with E-state index in [4.69, 9.17) is 10.5 Å². The molecule has 106 valence electrons. The average molecular weight is 256 g/mol. The van der Waals surface area contributed by atoms with Crippen molar-refractivity contribution >= 4 is 5.91 Å². The second-order valence-electron chi connectivity index (χ2n) is 5.30. The summed E-state index contributed by atoms with van der Waals surface area (Å²) in [4.78, 5) is 11.7. The summed E-state index contributed by atoms with van der Waals surface area (Å²) in [5.41, 5.74) is 5.85. The lowest BCUT2D eigenvalue weighted by molar-refractivity contribution is -0.122. The molecule has 0 saturated heterocycles. The molecule has 0 atom stereocenters. The standard InChI is InChI=1S/C14H28N2O2/c1-2-9-18-10-3-8-16-14(17)11-12-4-6-13(15)7-5-12/h12-13H,2-11,15H2,1H3,(H,16,17). The van der Waals surface area contributed by atoms with Gasteiger partial charge in [0.2, 0.25) is 5.91 Å². The monoisotopic (exact) mass is 256 g/mol. The van der Waals surface area contributed by atoms with E-state index in [1.54, 1.807) is 0 Å². The Morgan fingerprint density at radius 3 is 2.67 bits per heavy atom. The molecule has 0 aliphatic heterocycles. The van der Waals surface area contributed by atoms with Crippen LogP contribution in [0.25, 0.3) is 0 Å². The predicted molar refractivity (Wildman–Crippen MR) is 73.3 cm³/mol. The molecule has 1 aliphatic carbocycles. The Morgan fingerprint density at radius 1 is 1.28 bits per heavy atom. The Labute approximate surface area is 111 Å². The molecule has 3 N–H and O–H groups in total. The SMILES string of the molecule is CCCOCCCNC(=O)CC1CCC(N)CC1. The number of carbonyl (C=O) groups excluding carboxylic acids is 1. The van der Waals surface area contributed by atoms with Crippen LogP contribution in [0.3, 0.4) is 0 Å². The molecule has 1 rings (SSSR count). The molecule has 1 amide bonds. The molecule has 4 nitrogen and oxygen atoms in total. The summed E-state index contributed by atoms with van der Waals surface area (Å²) in [6.07, 6.45) is 6.98. The van der Waals surface area contributed by atoms with E-state index < -0.39 is 0 Å². The van der Waals surface area contributed by atoms with Crippen molar-refractivity contribution in [3.63, 3.8) is 0 Å². The number of hydrogen-bond acceptors (Lipinski definition) is 3. The van der Waals surface area contributed by atoms with Gasteiger partial charge in [0.15, 0.2) is 0 Å². The van der Waals surface area contributed by atoms with E-state index in [9.17, 15) is 4.79 Å². The smallest absolute Gasteiger partial charge is 0.220 e. The molecule has 1 aliphatic rings. The van der Waals surface area contributed by atoms with Gasteiger partial charge in [-0.3, -0.25) is 4.79 Å². The van der Waals surface area contributed by atoms with Gasteiger partial charge in [0.25, 0.3) is 0 Å². The molecule has 0 bridgehead atoms. The first-order valence-electron chi connectivity index (χ1n) is 7.32. The minimum absolute atomic E-state index is 0.186. The van der Waals surface area contributed by atoms with E-state index in [2.05, 4.69) is 12.2 Å². The zero-order chi connectivity index (χ0) is 13.2. The van der Waals surface area contributed by atoms with E-state index in [1.807, 2.05) is 0 Å². The van der Waals surface area contributed by atoms with Crippen LogP contribution in [-0.2, 0) is 9.53 Å². The Morgan fingerprint density at radius 2 is 2.00 bits per heavy atom. The Hall–Kier alpha value is -0.610. The van der Waals surface area contributed by atoms with Crippen LogP contribution in [0.15, 0.2) is 0 Å². The van der Waals surface area contributed by atoms with Crippen LogP contribution in [0, 0.1) is 5.92 Å². The van der Waals surface area contributed by atoms with Crippen LogP contribution in [0.5, 0.6) is 0 Å². The Bertz CT molecular complexity index is 226. The third-order valence-electron chi connectivity index (χ3n) is 3.50. The van der Waals surface area contributed by atoms with Gasteiger partial charge >= 0.3 is 0 Å². The van der Waals surface area contributed by atoms with Crippen LogP contribution in [0.2, 0.25) is 0 Å². The van der Waals surface area contributed by atoms with Crippen LogP contribution in [0.4, 0.5) is 0 Å². The van der Waals surface area contributed by atoms with Gasteiger partial charge in [0, 0.05) is 32.2 Å². The molecule has 18 heavy (non-hydrogen) atoms. The lowest BCUT2D eigenvalue weighted by atomic mass is 9.84. The fourth-order valence-corrected chi connectivity index (χ4v) is 2.38. The number of nitrogens with two attached hydrogens (primary N) is 1. The summed E-state index contributed by atoms with van der Waals surface area (Å²) in [6.45, 7) is 4.38. The maximum absolute atomic E-state index is 11.7. The summed E-state index contributed by atoms with van der Waals surface area (Å²) in [7, 11) is 0. The molecule has 0 unspecified atom stereocenters. The third kappa shape index (κ3) is 6.97. The van der Waals surface area contributed by atoms with Gasteiger partial charge in [-0.25, -0.2) is 0 Å². The fraction of sp³-hybridized carbons (Fsp3) is 0.929. The summed E-state index contributed by atoms with van der Waals surface area (Å²) >= 11 is 0. The molecule has 0 spiro atoms. The van der Waals surface area contributed by atoms with Gasteiger partial charge in [-0.05, 0) is 44.4 Å². The van der Waals surface area contributed by atoms with Gasteiger partial charge in [-0.2, -0.15) is 0 Å². The zero-order valence-corrected chi connectivity index (χ0v) is 11.6. The lowest BCUT2D eigenvalue weighted by Crippen LogP contribution is -2.31. The van der Waals surface area contributed by atoms with Crippen molar-refractivity contribution in [1.29, 1.82) is 0 Å². The lowest BCUT2D eigenvalue weighted by Gasteiger charge is -2.25. The van der Waals surface area contributed by atoms with Crippen molar-refractivity contribution in [1.82, 2.24) is 5.32 Å². The minimum Gasteiger partial charge on any atom is -0.381 e. The highest BCUT2D eigenvalue weighted by molar-refractivity contribution is 5.76. The van der Waals surface area contributed by atoms with Crippen LogP contribution in [-0.4, -0.2) is 31.7 Å². The molecule has 0 heterocycles. The molecule has 0 aromatic carbocycles. The van der Waals surface area contributed by atoms with Gasteiger partial charge in [0.05, 0.1) is 0 Å². The van der Waals surface area contributed by atoms with Crippen LogP contribution in [0.1, 0.15) is 51.9 Å². The first-order chi connectivity index (χ1) is 8.72. The number of hydrogen-bond donors (Lipinski definition) is 2. The van der Waals surface area contributed by atoms with Crippen molar-refractivity contribution < 1.29 is 9.53 Å². The molecular formula is C14H28N2O2. The number of nitrogens with one attached hydrogen (secondary N) is 1. The minimum atomic E-state index is 0.186. The summed E-state index contributed by atoms with van der Waals surface area (Å²) in [5.74, 6) is 0.729. The van der Waals surface area contributed by atoms with E-state index in [1.165, 1.54) is 0 Å². The number of amides is 1. The second-order valence-corrected chi connectivity index (χ2v) is 5.30. The third-order valence-corrected chi connectivity index (χ3v) is 3.50. The topological polar surface area (TPSA) is 64.3 Å².